The molecule has 0 bridgehead atoms. The van der Waals surface area contributed by atoms with Crippen molar-refractivity contribution < 1.29 is 9.90 Å². The Kier molecular flexibility index (Phi) is 6.06. The number of carboxylic acids is 1. The van der Waals surface area contributed by atoms with Gasteiger partial charge in [-0.25, -0.2) is 0 Å². The van der Waals surface area contributed by atoms with Crippen molar-refractivity contribution in [3.05, 3.63) is 0 Å². The number of hydrogen-bond acceptors (Lipinski definition) is 3. The summed E-state index contributed by atoms with van der Waals surface area (Å²) < 4.78 is 0. The summed E-state index contributed by atoms with van der Waals surface area (Å²) in [6, 6.07) is 0. The molecule has 0 aliphatic heterocycles. The van der Waals surface area contributed by atoms with Gasteiger partial charge in [0.2, 0.25) is 0 Å². The third kappa shape index (κ3) is 3.98. The Labute approximate surface area is 129 Å². The van der Waals surface area contributed by atoms with Gasteiger partial charge in [-0.05, 0) is 70.5 Å². The second kappa shape index (κ2) is 7.59. The van der Waals surface area contributed by atoms with E-state index in [0.717, 1.165) is 51.1 Å². The summed E-state index contributed by atoms with van der Waals surface area (Å²) in [5, 5.41) is 13.1. The maximum absolute atomic E-state index is 11.8. The van der Waals surface area contributed by atoms with E-state index >= 15 is 0 Å². The van der Waals surface area contributed by atoms with Crippen molar-refractivity contribution in [1.82, 2.24) is 10.2 Å². The molecule has 4 nitrogen and oxygen atoms in total. The Morgan fingerprint density at radius 2 is 2.10 bits per heavy atom. The fraction of sp³-hybridized carbons (Fsp3) is 0.941. The first-order valence-corrected chi connectivity index (χ1v) is 8.75. The van der Waals surface area contributed by atoms with E-state index in [2.05, 4.69) is 24.2 Å². The molecule has 0 heterocycles. The van der Waals surface area contributed by atoms with Crippen LogP contribution in [-0.4, -0.2) is 48.2 Å². The fourth-order valence-corrected chi connectivity index (χ4v) is 3.99. The van der Waals surface area contributed by atoms with Crippen LogP contribution in [0.15, 0.2) is 0 Å². The highest BCUT2D eigenvalue weighted by Gasteiger charge is 2.48. The predicted octanol–water partition coefficient (Wildman–Crippen LogP) is 2.73. The van der Waals surface area contributed by atoms with Crippen LogP contribution in [0, 0.1) is 11.8 Å². The summed E-state index contributed by atoms with van der Waals surface area (Å²) in [7, 11) is 2.19. The molecule has 0 aromatic rings. The number of carbonyl (C=O) groups is 1. The predicted molar refractivity (Wildman–Crippen MR) is 85.5 cm³/mol. The molecule has 2 N–H and O–H groups in total. The van der Waals surface area contributed by atoms with Crippen molar-refractivity contribution in [2.24, 2.45) is 11.8 Å². The van der Waals surface area contributed by atoms with Gasteiger partial charge in [-0.2, -0.15) is 0 Å². The minimum absolute atomic E-state index is 0.283. The number of rotatable bonds is 9. The zero-order valence-corrected chi connectivity index (χ0v) is 13.7. The third-order valence-electron chi connectivity index (χ3n) is 5.55. The highest BCUT2D eigenvalue weighted by Crippen LogP contribution is 2.38. The lowest BCUT2D eigenvalue weighted by Crippen LogP contribution is -2.55. The van der Waals surface area contributed by atoms with E-state index < -0.39 is 11.5 Å². The Morgan fingerprint density at radius 3 is 2.67 bits per heavy atom. The first kappa shape index (κ1) is 16.8. The second-order valence-corrected chi connectivity index (χ2v) is 7.14. The molecule has 122 valence electrons. The van der Waals surface area contributed by atoms with Crippen molar-refractivity contribution in [2.75, 3.05) is 26.7 Å². The van der Waals surface area contributed by atoms with Gasteiger partial charge in [0.1, 0.15) is 5.54 Å². The SMILES string of the molecule is CCCNC1(C(=O)O)CCCC1CCN(C)CC1CCC1. The summed E-state index contributed by atoms with van der Waals surface area (Å²) in [6.45, 7) is 5.12. The van der Waals surface area contributed by atoms with Gasteiger partial charge in [-0.3, -0.25) is 4.79 Å². The molecule has 21 heavy (non-hydrogen) atoms. The molecule has 2 aliphatic rings. The smallest absolute Gasteiger partial charge is 0.324 e. The molecule has 0 spiro atoms. The van der Waals surface area contributed by atoms with Crippen LogP contribution in [0.4, 0.5) is 0 Å². The van der Waals surface area contributed by atoms with Crippen molar-refractivity contribution in [3.63, 3.8) is 0 Å². The largest absolute Gasteiger partial charge is 0.480 e. The molecular formula is C17H32N2O2. The topological polar surface area (TPSA) is 52.6 Å². The highest BCUT2D eigenvalue weighted by atomic mass is 16.4. The third-order valence-corrected chi connectivity index (χ3v) is 5.55. The summed E-state index contributed by atoms with van der Waals surface area (Å²) in [5.74, 6) is 0.534. The van der Waals surface area contributed by atoms with Gasteiger partial charge < -0.3 is 15.3 Å². The molecular weight excluding hydrogens is 264 g/mol. The maximum Gasteiger partial charge on any atom is 0.324 e. The number of hydrogen-bond donors (Lipinski definition) is 2. The van der Waals surface area contributed by atoms with E-state index in [9.17, 15) is 9.90 Å². The van der Waals surface area contributed by atoms with E-state index in [4.69, 9.17) is 0 Å². The summed E-state index contributed by atoms with van der Waals surface area (Å²) in [6.07, 6.45) is 9.04. The van der Waals surface area contributed by atoms with Gasteiger partial charge in [0.25, 0.3) is 0 Å². The van der Waals surface area contributed by atoms with Gasteiger partial charge in [-0.1, -0.05) is 19.8 Å². The van der Waals surface area contributed by atoms with Crippen molar-refractivity contribution >= 4 is 5.97 Å². The quantitative estimate of drug-likeness (QED) is 0.687. The van der Waals surface area contributed by atoms with Crippen molar-refractivity contribution in [3.8, 4) is 0 Å². The van der Waals surface area contributed by atoms with E-state index in [1.807, 2.05) is 0 Å². The van der Waals surface area contributed by atoms with E-state index in [0.29, 0.717) is 0 Å². The molecule has 2 rings (SSSR count). The van der Waals surface area contributed by atoms with Gasteiger partial charge in [0.05, 0.1) is 0 Å². The number of nitrogens with zero attached hydrogens (tertiary/aromatic N) is 1. The zero-order chi connectivity index (χ0) is 15.3. The zero-order valence-electron chi connectivity index (χ0n) is 13.7. The molecule has 2 fully saturated rings. The van der Waals surface area contributed by atoms with E-state index in [-0.39, 0.29) is 5.92 Å². The molecule has 0 aromatic heterocycles. The first-order chi connectivity index (χ1) is 10.1. The molecule has 0 aromatic carbocycles. The van der Waals surface area contributed by atoms with Gasteiger partial charge in [-0.15, -0.1) is 0 Å². The monoisotopic (exact) mass is 296 g/mol. The summed E-state index contributed by atoms with van der Waals surface area (Å²) in [4.78, 5) is 14.3. The Morgan fingerprint density at radius 1 is 1.33 bits per heavy atom. The fourth-order valence-electron chi connectivity index (χ4n) is 3.99. The van der Waals surface area contributed by atoms with Gasteiger partial charge in [0, 0.05) is 6.54 Å². The second-order valence-electron chi connectivity index (χ2n) is 7.14. The van der Waals surface area contributed by atoms with Crippen LogP contribution in [0.25, 0.3) is 0 Å². The lowest BCUT2D eigenvalue weighted by atomic mass is 9.83. The Hall–Kier alpha value is -0.610. The lowest BCUT2D eigenvalue weighted by Gasteiger charge is -2.35. The summed E-state index contributed by atoms with van der Waals surface area (Å²) in [5.41, 5.74) is -0.659. The molecule has 0 saturated heterocycles. The Balaban J connectivity index is 1.85. The average molecular weight is 296 g/mol. The van der Waals surface area contributed by atoms with Crippen molar-refractivity contribution in [2.45, 2.75) is 63.8 Å². The van der Waals surface area contributed by atoms with Crippen LogP contribution < -0.4 is 5.32 Å². The standard InChI is InChI=1S/C17H32N2O2/c1-3-11-18-17(16(20)21)10-5-8-15(17)9-12-19(2)13-14-6-4-7-14/h14-15,18H,3-13H2,1-2H3,(H,20,21). The molecule has 4 heteroatoms. The van der Waals surface area contributed by atoms with Gasteiger partial charge in [0.15, 0.2) is 0 Å². The molecule has 2 unspecified atom stereocenters. The normalized spacial score (nSPS) is 29.8. The average Bonchev–Trinajstić information content (AvgIpc) is 2.82. The van der Waals surface area contributed by atoms with Gasteiger partial charge >= 0.3 is 5.97 Å². The van der Waals surface area contributed by atoms with E-state index in [1.165, 1.54) is 25.8 Å². The first-order valence-electron chi connectivity index (χ1n) is 8.75. The van der Waals surface area contributed by atoms with Crippen LogP contribution in [0.1, 0.15) is 58.3 Å². The highest BCUT2D eigenvalue weighted by molar-refractivity contribution is 5.79. The number of carboxylic acid groups (broad SMARTS) is 1. The number of nitrogens with one attached hydrogen (secondary N) is 1. The molecule has 0 radical (unpaired) electrons. The number of aliphatic carboxylic acids is 1. The van der Waals surface area contributed by atoms with E-state index in [1.54, 1.807) is 0 Å². The summed E-state index contributed by atoms with van der Waals surface area (Å²) >= 11 is 0. The van der Waals surface area contributed by atoms with Crippen LogP contribution in [-0.2, 0) is 4.79 Å². The molecule has 2 aliphatic carbocycles. The van der Waals surface area contributed by atoms with Crippen LogP contribution in [0.2, 0.25) is 0 Å². The van der Waals surface area contributed by atoms with Crippen LogP contribution in [0.5, 0.6) is 0 Å². The van der Waals surface area contributed by atoms with Crippen LogP contribution in [0.3, 0.4) is 0 Å². The minimum atomic E-state index is -0.659. The van der Waals surface area contributed by atoms with Crippen molar-refractivity contribution in [1.29, 1.82) is 0 Å². The molecule has 2 saturated carbocycles. The minimum Gasteiger partial charge on any atom is -0.480 e. The maximum atomic E-state index is 11.8. The molecule has 2 atom stereocenters. The lowest BCUT2D eigenvalue weighted by molar-refractivity contribution is -0.146. The molecule has 0 amide bonds. The Bertz CT molecular complexity index is 344. The van der Waals surface area contributed by atoms with Crippen LogP contribution >= 0.6 is 0 Å².